The van der Waals surface area contributed by atoms with Gasteiger partial charge >= 0.3 is 0 Å². The van der Waals surface area contributed by atoms with Crippen molar-refractivity contribution in [2.24, 2.45) is 5.73 Å². The van der Waals surface area contributed by atoms with E-state index in [1.54, 1.807) is 24.7 Å². The minimum atomic E-state index is -0.527. The molecule has 0 bridgehead atoms. The van der Waals surface area contributed by atoms with Gasteiger partial charge in [-0.05, 0) is 23.8 Å². The maximum absolute atomic E-state index is 10.9. The Kier molecular flexibility index (Phi) is 2.41. The van der Waals surface area contributed by atoms with Crippen molar-refractivity contribution in [3.63, 3.8) is 0 Å². The lowest BCUT2D eigenvalue weighted by Crippen LogP contribution is -2.12. The third kappa shape index (κ3) is 1.99. The smallest absolute Gasteiger partial charge is 0.267 e. The molecule has 2 rings (SSSR count). The monoisotopic (exact) mass is 199 g/mol. The summed E-state index contributed by atoms with van der Waals surface area (Å²) in [5.74, 6) is -0.527. The molecule has 0 aliphatic rings. The number of nitrogens with two attached hydrogens (primary N) is 1. The molecule has 4 heteroatoms. The van der Waals surface area contributed by atoms with E-state index in [-0.39, 0.29) is 5.69 Å². The van der Waals surface area contributed by atoms with Gasteiger partial charge in [0.15, 0.2) is 0 Å². The maximum atomic E-state index is 10.9. The van der Waals surface area contributed by atoms with E-state index in [9.17, 15) is 4.79 Å². The average molecular weight is 199 g/mol. The Morgan fingerprint density at radius 3 is 2.73 bits per heavy atom. The highest BCUT2D eigenvalue weighted by atomic mass is 16.1. The zero-order chi connectivity index (χ0) is 10.7. The fourth-order valence-electron chi connectivity index (χ4n) is 1.28. The lowest BCUT2D eigenvalue weighted by atomic mass is 10.1. The Labute approximate surface area is 86.8 Å². The van der Waals surface area contributed by atoms with Crippen LogP contribution < -0.4 is 5.73 Å². The fourth-order valence-corrected chi connectivity index (χ4v) is 1.28. The second-order valence-corrected chi connectivity index (χ2v) is 3.04. The molecule has 1 amide bonds. The van der Waals surface area contributed by atoms with E-state index in [0.717, 1.165) is 11.1 Å². The van der Waals surface area contributed by atoms with Gasteiger partial charge in [-0.25, -0.2) is 0 Å². The lowest BCUT2D eigenvalue weighted by Gasteiger charge is -2.01. The number of primary amides is 1. The first kappa shape index (κ1) is 9.33. The first-order valence-electron chi connectivity index (χ1n) is 4.43. The number of pyridine rings is 2. The first-order valence-corrected chi connectivity index (χ1v) is 4.43. The predicted molar refractivity (Wildman–Crippen MR) is 56.0 cm³/mol. The zero-order valence-corrected chi connectivity index (χ0v) is 7.92. The van der Waals surface area contributed by atoms with Crippen LogP contribution >= 0.6 is 0 Å². The highest BCUT2D eigenvalue weighted by molar-refractivity contribution is 5.91. The van der Waals surface area contributed by atoms with Crippen molar-refractivity contribution < 1.29 is 4.79 Å². The highest BCUT2D eigenvalue weighted by Gasteiger charge is 2.03. The second-order valence-electron chi connectivity index (χ2n) is 3.04. The van der Waals surface area contributed by atoms with Crippen LogP contribution in [-0.2, 0) is 0 Å². The number of amides is 1. The molecule has 0 saturated carbocycles. The summed E-state index contributed by atoms with van der Waals surface area (Å²) in [7, 11) is 0. The van der Waals surface area contributed by atoms with Crippen LogP contribution in [0.3, 0.4) is 0 Å². The Morgan fingerprint density at radius 1 is 1.20 bits per heavy atom. The van der Waals surface area contributed by atoms with Crippen molar-refractivity contribution in [2.45, 2.75) is 0 Å². The van der Waals surface area contributed by atoms with Crippen LogP contribution in [0.25, 0.3) is 11.1 Å². The van der Waals surface area contributed by atoms with E-state index >= 15 is 0 Å². The van der Waals surface area contributed by atoms with E-state index < -0.39 is 5.91 Å². The lowest BCUT2D eigenvalue weighted by molar-refractivity contribution is 0.0995. The van der Waals surface area contributed by atoms with Gasteiger partial charge in [-0.2, -0.15) is 0 Å². The standard InChI is InChI=1S/C11H9N3O/c12-11(15)10-6-8(3-5-14-10)9-2-1-4-13-7-9/h1-7H,(H2,12,15). The normalized spacial score (nSPS) is 9.87. The molecule has 15 heavy (non-hydrogen) atoms. The van der Waals surface area contributed by atoms with Gasteiger partial charge in [-0.3, -0.25) is 14.8 Å². The van der Waals surface area contributed by atoms with Gasteiger partial charge in [0.1, 0.15) is 5.69 Å². The molecule has 4 nitrogen and oxygen atoms in total. The second kappa shape index (κ2) is 3.88. The number of hydrogen-bond acceptors (Lipinski definition) is 3. The van der Waals surface area contributed by atoms with Crippen LogP contribution in [0.2, 0.25) is 0 Å². The Morgan fingerprint density at radius 2 is 2.07 bits per heavy atom. The van der Waals surface area contributed by atoms with Crippen LogP contribution in [0.1, 0.15) is 10.5 Å². The maximum Gasteiger partial charge on any atom is 0.267 e. The molecule has 0 fully saturated rings. The molecule has 2 heterocycles. The van der Waals surface area contributed by atoms with Gasteiger partial charge in [0.05, 0.1) is 0 Å². The summed E-state index contributed by atoms with van der Waals surface area (Å²) in [6, 6.07) is 7.20. The summed E-state index contributed by atoms with van der Waals surface area (Å²) < 4.78 is 0. The van der Waals surface area contributed by atoms with E-state index in [0.29, 0.717) is 0 Å². The van der Waals surface area contributed by atoms with Gasteiger partial charge in [0.2, 0.25) is 0 Å². The zero-order valence-electron chi connectivity index (χ0n) is 7.92. The molecule has 2 aromatic rings. The molecule has 0 radical (unpaired) electrons. The van der Waals surface area contributed by atoms with Gasteiger partial charge in [-0.15, -0.1) is 0 Å². The minimum Gasteiger partial charge on any atom is -0.364 e. The van der Waals surface area contributed by atoms with E-state index in [1.807, 2.05) is 18.2 Å². The predicted octanol–water partition coefficient (Wildman–Crippen LogP) is 1.24. The summed E-state index contributed by atoms with van der Waals surface area (Å²) in [5, 5.41) is 0. The summed E-state index contributed by atoms with van der Waals surface area (Å²) in [4.78, 5) is 18.8. The van der Waals surface area contributed by atoms with Crippen molar-refractivity contribution >= 4 is 5.91 Å². The molecule has 2 aromatic heterocycles. The first-order chi connectivity index (χ1) is 7.27. The third-order valence-corrected chi connectivity index (χ3v) is 2.01. The third-order valence-electron chi connectivity index (χ3n) is 2.01. The van der Waals surface area contributed by atoms with E-state index in [2.05, 4.69) is 9.97 Å². The number of carbonyl (C=O) groups excluding carboxylic acids is 1. The summed E-state index contributed by atoms with van der Waals surface area (Å²) in [5.41, 5.74) is 7.22. The van der Waals surface area contributed by atoms with Gasteiger partial charge < -0.3 is 5.73 Å². The van der Waals surface area contributed by atoms with E-state index in [4.69, 9.17) is 5.73 Å². The quantitative estimate of drug-likeness (QED) is 0.791. The minimum absolute atomic E-state index is 0.261. The van der Waals surface area contributed by atoms with Gasteiger partial charge in [-0.1, -0.05) is 6.07 Å². The molecule has 2 N–H and O–H groups in total. The van der Waals surface area contributed by atoms with Crippen molar-refractivity contribution in [3.8, 4) is 11.1 Å². The number of hydrogen-bond donors (Lipinski definition) is 1. The van der Waals surface area contributed by atoms with Crippen molar-refractivity contribution in [2.75, 3.05) is 0 Å². The van der Waals surface area contributed by atoms with Crippen LogP contribution in [0.5, 0.6) is 0 Å². The van der Waals surface area contributed by atoms with Crippen LogP contribution in [0.15, 0.2) is 42.9 Å². The molecule has 74 valence electrons. The van der Waals surface area contributed by atoms with Crippen LogP contribution in [0, 0.1) is 0 Å². The van der Waals surface area contributed by atoms with Crippen molar-refractivity contribution in [1.29, 1.82) is 0 Å². The topological polar surface area (TPSA) is 68.9 Å². The SMILES string of the molecule is NC(=O)c1cc(-c2cccnc2)ccn1. The van der Waals surface area contributed by atoms with Crippen LogP contribution in [-0.4, -0.2) is 15.9 Å². The molecule has 0 spiro atoms. The molecule has 0 aromatic carbocycles. The summed E-state index contributed by atoms with van der Waals surface area (Å²) in [6.07, 6.45) is 4.97. The Hall–Kier alpha value is -2.23. The summed E-state index contributed by atoms with van der Waals surface area (Å²) >= 11 is 0. The Balaban J connectivity index is 2.46. The molecule has 0 saturated heterocycles. The van der Waals surface area contributed by atoms with Crippen molar-refractivity contribution in [3.05, 3.63) is 48.5 Å². The summed E-state index contributed by atoms with van der Waals surface area (Å²) in [6.45, 7) is 0. The average Bonchev–Trinajstić information content (AvgIpc) is 2.30. The largest absolute Gasteiger partial charge is 0.364 e. The molecule has 0 aliphatic carbocycles. The number of aromatic nitrogens is 2. The van der Waals surface area contributed by atoms with E-state index in [1.165, 1.54) is 0 Å². The van der Waals surface area contributed by atoms with Gasteiger partial charge in [0.25, 0.3) is 5.91 Å². The molecule has 0 aliphatic heterocycles. The number of carbonyl (C=O) groups is 1. The fraction of sp³-hybridized carbons (Fsp3) is 0. The van der Waals surface area contributed by atoms with Crippen LogP contribution in [0.4, 0.5) is 0 Å². The molecule has 0 atom stereocenters. The molecular formula is C11H9N3O. The van der Waals surface area contributed by atoms with Gasteiger partial charge in [0, 0.05) is 24.2 Å². The highest BCUT2D eigenvalue weighted by Crippen LogP contribution is 2.17. The molecule has 0 unspecified atom stereocenters. The Bertz CT molecular complexity index is 482. The number of rotatable bonds is 2. The van der Waals surface area contributed by atoms with Crippen molar-refractivity contribution in [1.82, 2.24) is 9.97 Å². The molecular weight excluding hydrogens is 190 g/mol. The number of nitrogens with zero attached hydrogens (tertiary/aromatic N) is 2.